The molecule has 0 unspecified atom stereocenters. The Bertz CT molecular complexity index is 253. The third-order valence-corrected chi connectivity index (χ3v) is 2.63. The number of aryl methyl sites for hydroxylation is 1. The first-order valence-electron chi connectivity index (χ1n) is 5.48. The van der Waals surface area contributed by atoms with Crippen molar-refractivity contribution in [3.8, 4) is 0 Å². The standard InChI is InChI=1S/C11H21N3/c1-4-6-9(7-5-2)10-8-11(12)14(3)13-10/h8-9H,4-7,12H2,1-3H3. The van der Waals surface area contributed by atoms with Crippen LogP contribution in [0.25, 0.3) is 0 Å². The molecule has 0 amide bonds. The summed E-state index contributed by atoms with van der Waals surface area (Å²) in [5.74, 6) is 1.35. The van der Waals surface area contributed by atoms with E-state index in [-0.39, 0.29) is 0 Å². The van der Waals surface area contributed by atoms with Crippen molar-refractivity contribution in [3.63, 3.8) is 0 Å². The fraction of sp³-hybridized carbons (Fsp3) is 0.727. The van der Waals surface area contributed by atoms with Crippen molar-refractivity contribution in [2.24, 2.45) is 7.05 Å². The molecule has 0 bridgehead atoms. The minimum Gasteiger partial charge on any atom is -0.384 e. The Morgan fingerprint density at radius 1 is 1.36 bits per heavy atom. The molecule has 1 aromatic rings. The molecule has 0 radical (unpaired) electrons. The molecule has 0 spiro atoms. The highest BCUT2D eigenvalue weighted by Crippen LogP contribution is 2.26. The Labute approximate surface area is 86.3 Å². The summed E-state index contributed by atoms with van der Waals surface area (Å²) in [4.78, 5) is 0. The summed E-state index contributed by atoms with van der Waals surface area (Å²) in [6.45, 7) is 4.43. The number of nitrogen functional groups attached to an aromatic ring is 1. The van der Waals surface area contributed by atoms with Crippen LogP contribution in [0.4, 0.5) is 5.82 Å². The van der Waals surface area contributed by atoms with E-state index in [1.165, 1.54) is 25.7 Å². The lowest BCUT2D eigenvalue weighted by atomic mass is 9.95. The molecule has 0 atom stereocenters. The molecule has 1 heterocycles. The van der Waals surface area contributed by atoms with Crippen LogP contribution in [-0.2, 0) is 7.05 Å². The van der Waals surface area contributed by atoms with Gasteiger partial charge in [-0.05, 0) is 12.8 Å². The average molecular weight is 195 g/mol. The maximum absolute atomic E-state index is 5.77. The molecule has 1 rings (SSSR count). The minimum absolute atomic E-state index is 0.591. The monoisotopic (exact) mass is 195 g/mol. The summed E-state index contributed by atoms with van der Waals surface area (Å²) in [5.41, 5.74) is 6.93. The number of hydrogen-bond donors (Lipinski definition) is 1. The molecular weight excluding hydrogens is 174 g/mol. The van der Waals surface area contributed by atoms with E-state index in [0.717, 1.165) is 11.5 Å². The topological polar surface area (TPSA) is 43.8 Å². The third-order valence-electron chi connectivity index (χ3n) is 2.63. The van der Waals surface area contributed by atoms with Crippen LogP contribution < -0.4 is 5.73 Å². The van der Waals surface area contributed by atoms with E-state index in [1.54, 1.807) is 4.68 Å². The summed E-state index contributed by atoms with van der Waals surface area (Å²) in [6, 6.07) is 2.01. The van der Waals surface area contributed by atoms with Gasteiger partial charge in [-0.2, -0.15) is 5.10 Å². The van der Waals surface area contributed by atoms with Crippen LogP contribution >= 0.6 is 0 Å². The second-order valence-electron chi connectivity index (χ2n) is 3.89. The first-order valence-corrected chi connectivity index (χ1v) is 5.48. The van der Waals surface area contributed by atoms with E-state index in [2.05, 4.69) is 18.9 Å². The second kappa shape index (κ2) is 5.03. The molecule has 0 aliphatic carbocycles. The van der Waals surface area contributed by atoms with Crippen LogP contribution in [0.2, 0.25) is 0 Å². The number of hydrogen-bond acceptors (Lipinski definition) is 2. The van der Waals surface area contributed by atoms with Gasteiger partial charge in [-0.1, -0.05) is 26.7 Å². The summed E-state index contributed by atoms with van der Waals surface area (Å²) in [6.07, 6.45) is 4.84. The molecule has 1 aromatic heterocycles. The van der Waals surface area contributed by atoms with E-state index in [1.807, 2.05) is 13.1 Å². The van der Waals surface area contributed by atoms with Crippen molar-refractivity contribution in [2.75, 3.05) is 5.73 Å². The van der Waals surface area contributed by atoms with Gasteiger partial charge >= 0.3 is 0 Å². The third kappa shape index (κ3) is 2.50. The maximum Gasteiger partial charge on any atom is 0.121 e. The van der Waals surface area contributed by atoms with Crippen molar-refractivity contribution < 1.29 is 0 Å². The molecule has 2 N–H and O–H groups in total. The SMILES string of the molecule is CCCC(CCC)c1cc(N)n(C)n1. The zero-order valence-electron chi connectivity index (χ0n) is 9.45. The number of nitrogens with two attached hydrogens (primary N) is 1. The Hall–Kier alpha value is -0.990. The molecule has 3 nitrogen and oxygen atoms in total. The zero-order valence-corrected chi connectivity index (χ0v) is 9.45. The number of aromatic nitrogens is 2. The van der Waals surface area contributed by atoms with Gasteiger partial charge in [0, 0.05) is 19.0 Å². The normalized spacial score (nSPS) is 11.1. The van der Waals surface area contributed by atoms with E-state index >= 15 is 0 Å². The molecule has 0 saturated heterocycles. The van der Waals surface area contributed by atoms with Crippen LogP contribution in [-0.4, -0.2) is 9.78 Å². The fourth-order valence-corrected chi connectivity index (χ4v) is 1.84. The van der Waals surface area contributed by atoms with Crippen LogP contribution in [0.1, 0.15) is 51.1 Å². The van der Waals surface area contributed by atoms with Gasteiger partial charge < -0.3 is 5.73 Å². The first kappa shape index (κ1) is 11.1. The van der Waals surface area contributed by atoms with Gasteiger partial charge in [0.2, 0.25) is 0 Å². The summed E-state index contributed by atoms with van der Waals surface area (Å²) >= 11 is 0. The van der Waals surface area contributed by atoms with E-state index in [4.69, 9.17) is 5.73 Å². The summed E-state index contributed by atoms with van der Waals surface area (Å²) < 4.78 is 1.76. The van der Waals surface area contributed by atoms with Crippen molar-refractivity contribution in [2.45, 2.75) is 45.4 Å². The summed E-state index contributed by atoms with van der Waals surface area (Å²) in [7, 11) is 1.90. The second-order valence-corrected chi connectivity index (χ2v) is 3.89. The zero-order chi connectivity index (χ0) is 10.6. The molecule has 0 saturated carbocycles. The van der Waals surface area contributed by atoms with Gasteiger partial charge in [-0.15, -0.1) is 0 Å². The first-order chi connectivity index (χ1) is 6.69. The Morgan fingerprint density at radius 3 is 2.29 bits per heavy atom. The quantitative estimate of drug-likeness (QED) is 0.785. The number of rotatable bonds is 5. The fourth-order valence-electron chi connectivity index (χ4n) is 1.84. The lowest BCUT2D eigenvalue weighted by Gasteiger charge is -2.11. The highest BCUT2D eigenvalue weighted by molar-refractivity contribution is 5.31. The number of anilines is 1. The molecule has 0 fully saturated rings. The van der Waals surface area contributed by atoms with Crippen LogP contribution in [0.5, 0.6) is 0 Å². The van der Waals surface area contributed by atoms with Crippen LogP contribution in [0.15, 0.2) is 6.07 Å². The molecule has 0 aliphatic rings. The number of nitrogens with zero attached hydrogens (tertiary/aromatic N) is 2. The minimum atomic E-state index is 0.591. The molecule has 80 valence electrons. The Kier molecular flexibility index (Phi) is 3.98. The predicted octanol–water partition coefficient (Wildman–Crippen LogP) is 2.69. The van der Waals surface area contributed by atoms with Crippen molar-refractivity contribution in [3.05, 3.63) is 11.8 Å². The van der Waals surface area contributed by atoms with Crippen LogP contribution in [0, 0.1) is 0 Å². The molecule has 3 heteroatoms. The smallest absolute Gasteiger partial charge is 0.121 e. The van der Waals surface area contributed by atoms with Crippen molar-refractivity contribution in [1.29, 1.82) is 0 Å². The molecular formula is C11H21N3. The van der Waals surface area contributed by atoms with Crippen molar-refractivity contribution in [1.82, 2.24) is 9.78 Å². The molecule has 0 aliphatic heterocycles. The van der Waals surface area contributed by atoms with E-state index in [9.17, 15) is 0 Å². The van der Waals surface area contributed by atoms with Gasteiger partial charge in [0.15, 0.2) is 0 Å². The lowest BCUT2D eigenvalue weighted by molar-refractivity contribution is 0.539. The maximum atomic E-state index is 5.77. The van der Waals surface area contributed by atoms with Gasteiger partial charge in [0.25, 0.3) is 0 Å². The van der Waals surface area contributed by atoms with Crippen LogP contribution in [0.3, 0.4) is 0 Å². The van der Waals surface area contributed by atoms with Gasteiger partial charge in [0.1, 0.15) is 5.82 Å². The predicted molar refractivity (Wildman–Crippen MR) is 60.2 cm³/mol. The highest BCUT2D eigenvalue weighted by atomic mass is 15.3. The molecule has 0 aromatic carbocycles. The Balaban J connectivity index is 2.76. The van der Waals surface area contributed by atoms with Gasteiger partial charge in [-0.25, -0.2) is 0 Å². The largest absolute Gasteiger partial charge is 0.384 e. The summed E-state index contributed by atoms with van der Waals surface area (Å²) in [5, 5.41) is 4.44. The molecule has 14 heavy (non-hydrogen) atoms. The van der Waals surface area contributed by atoms with Gasteiger partial charge in [-0.3, -0.25) is 4.68 Å². The lowest BCUT2D eigenvalue weighted by Crippen LogP contribution is -2.01. The van der Waals surface area contributed by atoms with Gasteiger partial charge in [0.05, 0.1) is 5.69 Å². The van der Waals surface area contributed by atoms with E-state index in [0.29, 0.717) is 5.92 Å². The average Bonchev–Trinajstić information content (AvgIpc) is 2.47. The van der Waals surface area contributed by atoms with E-state index < -0.39 is 0 Å². The highest BCUT2D eigenvalue weighted by Gasteiger charge is 2.13. The van der Waals surface area contributed by atoms with Crippen molar-refractivity contribution >= 4 is 5.82 Å². The Morgan fingerprint density at radius 2 is 1.93 bits per heavy atom.